The summed E-state index contributed by atoms with van der Waals surface area (Å²) in [4.78, 5) is 8.64. The van der Waals surface area contributed by atoms with Gasteiger partial charge in [-0.25, -0.2) is 9.97 Å². The Bertz CT molecular complexity index is 337. The Balaban J connectivity index is 2.14. The van der Waals surface area contributed by atoms with Crippen LogP contribution in [0.4, 0.5) is 0 Å². The monoisotopic (exact) mass is 221 g/mol. The van der Waals surface area contributed by atoms with Crippen LogP contribution in [0.15, 0.2) is 12.3 Å². The zero-order valence-corrected chi connectivity index (χ0v) is 9.94. The topological polar surface area (TPSA) is 47.0 Å². The van der Waals surface area contributed by atoms with E-state index < -0.39 is 0 Å². The Kier molecular flexibility index (Phi) is 3.85. The predicted molar refractivity (Wildman–Crippen MR) is 62.1 cm³/mol. The smallest absolute Gasteiger partial charge is 0.125 e. The third kappa shape index (κ3) is 2.57. The van der Waals surface area contributed by atoms with E-state index in [1.807, 2.05) is 26.2 Å². The first-order valence-corrected chi connectivity index (χ1v) is 5.86. The molecule has 1 N–H and O–H groups in total. The molecule has 1 atom stereocenters. The molecule has 0 saturated carbocycles. The van der Waals surface area contributed by atoms with Crippen LogP contribution in [-0.2, 0) is 4.74 Å². The van der Waals surface area contributed by atoms with E-state index in [-0.39, 0.29) is 0 Å². The van der Waals surface area contributed by atoms with Crippen molar-refractivity contribution in [3.8, 4) is 0 Å². The fourth-order valence-corrected chi connectivity index (χ4v) is 2.32. The molecule has 1 aromatic rings. The van der Waals surface area contributed by atoms with Gasteiger partial charge in [0.15, 0.2) is 0 Å². The lowest BCUT2D eigenvalue weighted by atomic mass is 9.89. The zero-order valence-electron chi connectivity index (χ0n) is 9.94. The Hall–Kier alpha value is -1.00. The number of hydrogen-bond acceptors (Lipinski definition) is 4. The summed E-state index contributed by atoms with van der Waals surface area (Å²) in [5, 5.41) is 3.37. The fourth-order valence-electron chi connectivity index (χ4n) is 2.32. The molecule has 2 heterocycles. The molecule has 0 aliphatic carbocycles. The molecule has 2 rings (SSSR count). The lowest BCUT2D eigenvalue weighted by Crippen LogP contribution is -2.30. The lowest BCUT2D eigenvalue weighted by molar-refractivity contribution is 0.0541. The molecule has 1 aromatic heterocycles. The van der Waals surface area contributed by atoms with Gasteiger partial charge in [0, 0.05) is 19.4 Å². The number of ether oxygens (including phenoxy) is 1. The van der Waals surface area contributed by atoms with Gasteiger partial charge in [0.25, 0.3) is 0 Å². The number of nitrogens with one attached hydrogen (secondary N) is 1. The predicted octanol–water partition coefficient (Wildman–Crippen LogP) is 1.47. The van der Waals surface area contributed by atoms with E-state index in [4.69, 9.17) is 4.74 Å². The lowest BCUT2D eigenvalue weighted by Gasteiger charge is -2.29. The minimum absolute atomic E-state index is 0.325. The summed E-state index contributed by atoms with van der Waals surface area (Å²) >= 11 is 0. The van der Waals surface area contributed by atoms with Crippen LogP contribution in [0.3, 0.4) is 0 Å². The highest BCUT2D eigenvalue weighted by molar-refractivity contribution is 5.09. The van der Waals surface area contributed by atoms with Crippen LogP contribution in [0.1, 0.15) is 30.4 Å². The van der Waals surface area contributed by atoms with Gasteiger partial charge < -0.3 is 10.1 Å². The zero-order chi connectivity index (χ0) is 11.4. The van der Waals surface area contributed by atoms with E-state index in [9.17, 15) is 0 Å². The maximum absolute atomic E-state index is 5.39. The van der Waals surface area contributed by atoms with Crippen molar-refractivity contribution in [3.05, 3.63) is 23.8 Å². The van der Waals surface area contributed by atoms with Crippen LogP contribution in [-0.4, -0.2) is 30.2 Å². The van der Waals surface area contributed by atoms with E-state index in [2.05, 4.69) is 15.3 Å². The SMILES string of the molecule is CNC(c1ccnc(C)n1)C1CCOCC1. The molecule has 0 bridgehead atoms. The number of hydrogen-bond donors (Lipinski definition) is 1. The van der Waals surface area contributed by atoms with Crippen molar-refractivity contribution >= 4 is 0 Å². The number of nitrogens with zero attached hydrogens (tertiary/aromatic N) is 2. The van der Waals surface area contributed by atoms with Crippen LogP contribution in [0, 0.1) is 12.8 Å². The highest BCUT2D eigenvalue weighted by atomic mass is 16.5. The fraction of sp³-hybridized carbons (Fsp3) is 0.667. The number of aromatic nitrogens is 2. The van der Waals surface area contributed by atoms with Crippen LogP contribution in [0.2, 0.25) is 0 Å². The van der Waals surface area contributed by atoms with E-state index in [0.717, 1.165) is 37.6 Å². The molecule has 1 unspecified atom stereocenters. The van der Waals surface area contributed by atoms with Crippen molar-refractivity contribution in [2.45, 2.75) is 25.8 Å². The van der Waals surface area contributed by atoms with Crippen LogP contribution in [0.25, 0.3) is 0 Å². The van der Waals surface area contributed by atoms with Crippen molar-refractivity contribution in [1.29, 1.82) is 0 Å². The van der Waals surface area contributed by atoms with Gasteiger partial charge in [0.2, 0.25) is 0 Å². The normalized spacial score (nSPS) is 19.6. The quantitative estimate of drug-likeness (QED) is 0.839. The first-order valence-electron chi connectivity index (χ1n) is 5.86. The molecule has 1 saturated heterocycles. The second kappa shape index (κ2) is 5.37. The van der Waals surface area contributed by atoms with Crippen LogP contribution in [0.5, 0.6) is 0 Å². The average Bonchev–Trinajstić information content (AvgIpc) is 2.31. The van der Waals surface area contributed by atoms with Gasteiger partial charge in [-0.2, -0.15) is 0 Å². The molecule has 88 valence electrons. The van der Waals surface area contributed by atoms with Crippen molar-refractivity contribution < 1.29 is 4.74 Å². The second-order valence-electron chi connectivity index (χ2n) is 4.24. The standard InChI is InChI=1S/C12H19N3O/c1-9-14-6-3-11(15-9)12(13-2)10-4-7-16-8-5-10/h3,6,10,12-13H,4-5,7-8H2,1-2H3. The Morgan fingerprint density at radius 1 is 1.44 bits per heavy atom. The highest BCUT2D eigenvalue weighted by Gasteiger charge is 2.25. The van der Waals surface area contributed by atoms with E-state index in [0.29, 0.717) is 12.0 Å². The highest BCUT2D eigenvalue weighted by Crippen LogP contribution is 2.28. The number of rotatable bonds is 3. The molecule has 1 aliphatic heterocycles. The van der Waals surface area contributed by atoms with Gasteiger partial charge in [-0.3, -0.25) is 0 Å². The molecule has 0 spiro atoms. The van der Waals surface area contributed by atoms with E-state index >= 15 is 0 Å². The molecule has 1 fully saturated rings. The summed E-state index contributed by atoms with van der Waals surface area (Å²) in [6, 6.07) is 2.33. The summed E-state index contributed by atoms with van der Waals surface area (Å²) in [7, 11) is 2.00. The minimum atomic E-state index is 0.325. The average molecular weight is 221 g/mol. The van der Waals surface area contributed by atoms with Gasteiger partial charge in [0.1, 0.15) is 5.82 Å². The Morgan fingerprint density at radius 3 is 2.81 bits per heavy atom. The van der Waals surface area contributed by atoms with Gasteiger partial charge in [0.05, 0.1) is 11.7 Å². The molecular weight excluding hydrogens is 202 g/mol. The van der Waals surface area contributed by atoms with Crippen molar-refractivity contribution in [2.75, 3.05) is 20.3 Å². The summed E-state index contributed by atoms with van der Waals surface area (Å²) in [5.74, 6) is 1.46. The van der Waals surface area contributed by atoms with Gasteiger partial charge in [-0.1, -0.05) is 0 Å². The molecule has 0 aromatic carbocycles. The maximum Gasteiger partial charge on any atom is 0.125 e. The molecule has 4 nitrogen and oxygen atoms in total. The Morgan fingerprint density at radius 2 is 2.19 bits per heavy atom. The maximum atomic E-state index is 5.39. The summed E-state index contributed by atoms with van der Waals surface area (Å²) in [5.41, 5.74) is 1.10. The van der Waals surface area contributed by atoms with E-state index in [1.54, 1.807) is 0 Å². The van der Waals surface area contributed by atoms with E-state index in [1.165, 1.54) is 0 Å². The minimum Gasteiger partial charge on any atom is -0.381 e. The molecule has 0 amide bonds. The Labute approximate surface area is 96.4 Å². The largest absolute Gasteiger partial charge is 0.381 e. The molecule has 16 heavy (non-hydrogen) atoms. The third-order valence-electron chi connectivity index (χ3n) is 3.16. The second-order valence-corrected chi connectivity index (χ2v) is 4.24. The summed E-state index contributed by atoms with van der Waals surface area (Å²) in [6.07, 6.45) is 4.05. The van der Waals surface area contributed by atoms with Gasteiger partial charge in [-0.05, 0) is 38.8 Å². The molecule has 0 radical (unpaired) electrons. The van der Waals surface area contributed by atoms with Crippen molar-refractivity contribution in [2.24, 2.45) is 5.92 Å². The van der Waals surface area contributed by atoms with Gasteiger partial charge >= 0.3 is 0 Å². The molecule has 4 heteroatoms. The molecule has 1 aliphatic rings. The van der Waals surface area contributed by atoms with Crippen LogP contribution >= 0.6 is 0 Å². The van der Waals surface area contributed by atoms with Crippen LogP contribution < -0.4 is 5.32 Å². The summed E-state index contributed by atoms with van der Waals surface area (Å²) < 4.78 is 5.39. The number of aryl methyl sites for hydroxylation is 1. The van der Waals surface area contributed by atoms with Crippen molar-refractivity contribution in [1.82, 2.24) is 15.3 Å². The summed E-state index contributed by atoms with van der Waals surface area (Å²) in [6.45, 7) is 3.67. The van der Waals surface area contributed by atoms with Gasteiger partial charge in [-0.15, -0.1) is 0 Å². The molecular formula is C12H19N3O. The van der Waals surface area contributed by atoms with Crippen molar-refractivity contribution in [3.63, 3.8) is 0 Å². The first kappa shape index (κ1) is 11.5. The third-order valence-corrected chi connectivity index (χ3v) is 3.16. The first-order chi connectivity index (χ1) is 7.81.